The van der Waals surface area contributed by atoms with Crippen LogP contribution in [0.4, 0.5) is 0 Å². The summed E-state index contributed by atoms with van der Waals surface area (Å²) in [4.78, 5) is 14.2. The Kier molecular flexibility index (Phi) is 4.18. The quantitative estimate of drug-likeness (QED) is 0.722. The maximum Gasteiger partial charge on any atom is 0.324 e. The second-order valence-corrected chi connectivity index (χ2v) is 4.65. The van der Waals surface area contributed by atoms with Crippen molar-refractivity contribution in [2.45, 2.75) is 44.7 Å². The van der Waals surface area contributed by atoms with Gasteiger partial charge in [-0.2, -0.15) is 0 Å². The Morgan fingerprint density at radius 1 is 1.44 bits per heavy atom. The molecular formula is C12H22N2O2. The molecule has 92 valence electrons. The zero-order chi connectivity index (χ0) is 11.4. The third-order valence-corrected chi connectivity index (χ3v) is 3.64. The van der Waals surface area contributed by atoms with Crippen LogP contribution in [0.5, 0.6) is 0 Å². The van der Waals surface area contributed by atoms with Crippen LogP contribution in [0.1, 0.15) is 32.6 Å². The smallest absolute Gasteiger partial charge is 0.324 e. The molecule has 1 aliphatic carbocycles. The summed E-state index contributed by atoms with van der Waals surface area (Å²) in [6.07, 6.45) is 5.11. The molecule has 4 heteroatoms. The van der Waals surface area contributed by atoms with E-state index in [0.29, 0.717) is 12.6 Å². The van der Waals surface area contributed by atoms with Crippen LogP contribution < -0.4 is 5.32 Å². The van der Waals surface area contributed by atoms with Crippen molar-refractivity contribution in [1.82, 2.24) is 10.2 Å². The monoisotopic (exact) mass is 226 g/mol. The fourth-order valence-corrected chi connectivity index (χ4v) is 2.85. The molecule has 16 heavy (non-hydrogen) atoms. The van der Waals surface area contributed by atoms with Crippen molar-refractivity contribution in [3.05, 3.63) is 0 Å². The van der Waals surface area contributed by atoms with Gasteiger partial charge >= 0.3 is 5.97 Å². The summed E-state index contributed by atoms with van der Waals surface area (Å²) in [5, 5.41) is 3.29. The highest BCUT2D eigenvalue weighted by molar-refractivity contribution is 5.76. The van der Waals surface area contributed by atoms with E-state index in [-0.39, 0.29) is 12.0 Å². The largest absolute Gasteiger partial charge is 0.465 e. The first-order valence-corrected chi connectivity index (χ1v) is 6.46. The number of hydrogen-bond donors (Lipinski definition) is 1. The molecule has 2 aliphatic rings. The zero-order valence-corrected chi connectivity index (χ0v) is 10.1. The highest BCUT2D eigenvalue weighted by Gasteiger charge is 2.35. The number of carbonyl (C=O) groups is 1. The van der Waals surface area contributed by atoms with Gasteiger partial charge < -0.3 is 10.1 Å². The van der Waals surface area contributed by atoms with Gasteiger partial charge in [-0.25, -0.2) is 0 Å². The zero-order valence-electron chi connectivity index (χ0n) is 10.1. The van der Waals surface area contributed by atoms with E-state index in [0.717, 1.165) is 19.6 Å². The van der Waals surface area contributed by atoms with E-state index in [4.69, 9.17) is 4.74 Å². The van der Waals surface area contributed by atoms with Gasteiger partial charge in [0.2, 0.25) is 0 Å². The van der Waals surface area contributed by atoms with E-state index in [1.165, 1.54) is 25.7 Å². The minimum atomic E-state index is -0.0585. The average Bonchev–Trinajstić information content (AvgIpc) is 2.83. The number of esters is 1. The van der Waals surface area contributed by atoms with Gasteiger partial charge in [-0.15, -0.1) is 0 Å². The summed E-state index contributed by atoms with van der Waals surface area (Å²) in [7, 11) is 0. The van der Waals surface area contributed by atoms with Gasteiger partial charge in [-0.1, -0.05) is 12.8 Å². The molecule has 0 aromatic rings. The van der Waals surface area contributed by atoms with Crippen molar-refractivity contribution in [3.63, 3.8) is 0 Å². The molecular weight excluding hydrogens is 204 g/mol. The molecule has 1 saturated heterocycles. The van der Waals surface area contributed by atoms with Gasteiger partial charge in [-0.05, 0) is 19.8 Å². The molecule has 0 aromatic carbocycles. The lowest BCUT2D eigenvalue weighted by Gasteiger charge is -2.38. The predicted molar refractivity (Wildman–Crippen MR) is 62.3 cm³/mol. The molecule has 1 heterocycles. The Balaban J connectivity index is 1.98. The first-order valence-electron chi connectivity index (χ1n) is 6.46. The SMILES string of the molecule is CCOC(=O)C1CNCCN1C1CCCC1. The molecule has 0 spiro atoms. The van der Waals surface area contributed by atoms with Crippen LogP contribution in [0.3, 0.4) is 0 Å². The number of piperazine rings is 1. The van der Waals surface area contributed by atoms with Crippen LogP contribution >= 0.6 is 0 Å². The minimum Gasteiger partial charge on any atom is -0.465 e. The summed E-state index contributed by atoms with van der Waals surface area (Å²) in [6.45, 7) is 5.07. The normalized spacial score (nSPS) is 28.2. The second kappa shape index (κ2) is 5.64. The van der Waals surface area contributed by atoms with Crippen LogP contribution in [0, 0.1) is 0 Å². The van der Waals surface area contributed by atoms with Gasteiger partial charge in [0.1, 0.15) is 6.04 Å². The van der Waals surface area contributed by atoms with Crippen molar-refractivity contribution in [2.24, 2.45) is 0 Å². The number of nitrogens with zero attached hydrogens (tertiary/aromatic N) is 1. The predicted octanol–water partition coefficient (Wildman–Crippen LogP) is 0.766. The van der Waals surface area contributed by atoms with Crippen LogP contribution in [0.15, 0.2) is 0 Å². The van der Waals surface area contributed by atoms with Crippen molar-refractivity contribution in [1.29, 1.82) is 0 Å². The molecule has 1 atom stereocenters. The summed E-state index contributed by atoms with van der Waals surface area (Å²) in [6, 6.07) is 0.549. The molecule has 1 unspecified atom stereocenters. The fourth-order valence-electron chi connectivity index (χ4n) is 2.85. The summed E-state index contributed by atoms with van der Waals surface area (Å²) in [5.41, 5.74) is 0. The van der Waals surface area contributed by atoms with Crippen molar-refractivity contribution >= 4 is 5.97 Å². The third kappa shape index (κ3) is 2.55. The lowest BCUT2D eigenvalue weighted by atomic mass is 10.1. The fraction of sp³-hybridized carbons (Fsp3) is 0.917. The van der Waals surface area contributed by atoms with Crippen LogP contribution in [0.25, 0.3) is 0 Å². The van der Waals surface area contributed by atoms with E-state index in [1.54, 1.807) is 0 Å². The molecule has 2 rings (SSSR count). The van der Waals surface area contributed by atoms with E-state index in [1.807, 2.05) is 6.92 Å². The lowest BCUT2D eigenvalue weighted by Crippen LogP contribution is -2.58. The Morgan fingerprint density at radius 2 is 2.19 bits per heavy atom. The molecule has 0 radical (unpaired) electrons. The molecule has 1 aliphatic heterocycles. The van der Waals surface area contributed by atoms with Crippen LogP contribution in [-0.4, -0.2) is 49.2 Å². The third-order valence-electron chi connectivity index (χ3n) is 3.64. The standard InChI is InChI=1S/C12H22N2O2/c1-2-16-12(15)11-9-13-7-8-14(11)10-5-3-4-6-10/h10-11,13H,2-9H2,1H3. The van der Waals surface area contributed by atoms with Gasteiger partial charge in [0.25, 0.3) is 0 Å². The van der Waals surface area contributed by atoms with Gasteiger partial charge in [-0.3, -0.25) is 9.69 Å². The molecule has 0 amide bonds. The Bertz CT molecular complexity index is 239. The molecule has 0 bridgehead atoms. The first-order chi connectivity index (χ1) is 7.83. The Hall–Kier alpha value is -0.610. The number of ether oxygens (including phenoxy) is 1. The van der Waals surface area contributed by atoms with Gasteiger partial charge in [0.05, 0.1) is 6.61 Å². The van der Waals surface area contributed by atoms with E-state index in [9.17, 15) is 4.79 Å². The highest BCUT2D eigenvalue weighted by atomic mass is 16.5. The molecule has 1 saturated carbocycles. The molecule has 4 nitrogen and oxygen atoms in total. The van der Waals surface area contributed by atoms with Crippen molar-refractivity contribution in [2.75, 3.05) is 26.2 Å². The summed E-state index contributed by atoms with van der Waals surface area (Å²) < 4.78 is 5.15. The number of nitrogens with one attached hydrogen (secondary N) is 1. The highest BCUT2D eigenvalue weighted by Crippen LogP contribution is 2.25. The van der Waals surface area contributed by atoms with E-state index < -0.39 is 0 Å². The van der Waals surface area contributed by atoms with Crippen molar-refractivity contribution in [3.8, 4) is 0 Å². The molecule has 0 aromatic heterocycles. The topological polar surface area (TPSA) is 41.6 Å². The first kappa shape index (κ1) is 11.9. The minimum absolute atomic E-state index is 0.0541. The van der Waals surface area contributed by atoms with E-state index >= 15 is 0 Å². The van der Waals surface area contributed by atoms with Crippen LogP contribution in [0.2, 0.25) is 0 Å². The van der Waals surface area contributed by atoms with Crippen molar-refractivity contribution < 1.29 is 9.53 Å². The summed E-state index contributed by atoms with van der Waals surface area (Å²) in [5.74, 6) is -0.0541. The number of rotatable bonds is 3. The maximum atomic E-state index is 11.9. The van der Waals surface area contributed by atoms with Gasteiger partial charge in [0, 0.05) is 25.7 Å². The number of hydrogen-bond acceptors (Lipinski definition) is 4. The molecule has 1 N–H and O–H groups in total. The average molecular weight is 226 g/mol. The van der Waals surface area contributed by atoms with E-state index in [2.05, 4.69) is 10.2 Å². The molecule has 2 fully saturated rings. The summed E-state index contributed by atoms with van der Waals surface area (Å²) >= 11 is 0. The second-order valence-electron chi connectivity index (χ2n) is 4.65. The Labute approximate surface area is 97.3 Å². The Morgan fingerprint density at radius 3 is 2.88 bits per heavy atom. The lowest BCUT2D eigenvalue weighted by molar-refractivity contribution is -0.151. The number of carbonyl (C=O) groups excluding carboxylic acids is 1. The van der Waals surface area contributed by atoms with Crippen LogP contribution in [-0.2, 0) is 9.53 Å². The van der Waals surface area contributed by atoms with Gasteiger partial charge in [0.15, 0.2) is 0 Å². The maximum absolute atomic E-state index is 11.9.